The standard InChI is InChI=1S/C17H18N2O4/c1-6-9-19(16(21)23-17(2,3)4)14-8-7-12(15(20)22-5)10-13(14)11-18/h1,7-8,10H,9H2,2-5H3. The topological polar surface area (TPSA) is 79.6 Å². The molecule has 0 aromatic heterocycles. The Morgan fingerprint density at radius 2 is 2.00 bits per heavy atom. The van der Waals surface area contributed by atoms with E-state index in [-0.39, 0.29) is 23.4 Å². The first-order valence-corrected chi connectivity index (χ1v) is 6.80. The van der Waals surface area contributed by atoms with Gasteiger partial charge in [0.2, 0.25) is 0 Å². The Morgan fingerprint density at radius 3 is 2.48 bits per heavy atom. The Kier molecular flexibility index (Phi) is 5.75. The number of esters is 1. The predicted octanol–water partition coefficient (Wildman–Crippen LogP) is 2.72. The summed E-state index contributed by atoms with van der Waals surface area (Å²) in [7, 11) is 1.24. The van der Waals surface area contributed by atoms with Crippen molar-refractivity contribution in [1.82, 2.24) is 0 Å². The smallest absolute Gasteiger partial charge is 0.415 e. The summed E-state index contributed by atoms with van der Waals surface area (Å²) >= 11 is 0. The van der Waals surface area contributed by atoms with Crippen molar-refractivity contribution in [3.63, 3.8) is 0 Å². The van der Waals surface area contributed by atoms with Crippen LogP contribution >= 0.6 is 0 Å². The van der Waals surface area contributed by atoms with Gasteiger partial charge in [-0.25, -0.2) is 9.59 Å². The Bertz CT molecular complexity index is 690. The number of nitriles is 1. The largest absolute Gasteiger partial charge is 0.465 e. The van der Waals surface area contributed by atoms with Crippen LogP contribution in [0.25, 0.3) is 0 Å². The number of hydrogen-bond acceptors (Lipinski definition) is 5. The average molecular weight is 314 g/mol. The van der Waals surface area contributed by atoms with E-state index in [9.17, 15) is 14.9 Å². The number of hydrogen-bond donors (Lipinski definition) is 0. The molecule has 23 heavy (non-hydrogen) atoms. The lowest BCUT2D eigenvalue weighted by Gasteiger charge is -2.26. The second kappa shape index (κ2) is 7.33. The Hall–Kier alpha value is -2.99. The fourth-order valence-electron chi connectivity index (χ4n) is 1.76. The second-order valence-corrected chi connectivity index (χ2v) is 5.61. The number of nitrogens with zero attached hydrogens (tertiary/aromatic N) is 2. The quantitative estimate of drug-likeness (QED) is 0.633. The van der Waals surface area contributed by atoms with E-state index in [0.29, 0.717) is 0 Å². The number of carbonyl (C=O) groups excluding carboxylic acids is 2. The maximum absolute atomic E-state index is 12.3. The van der Waals surface area contributed by atoms with Crippen LogP contribution in [-0.2, 0) is 9.47 Å². The van der Waals surface area contributed by atoms with Crippen LogP contribution in [-0.4, -0.2) is 31.3 Å². The van der Waals surface area contributed by atoms with E-state index >= 15 is 0 Å². The maximum Gasteiger partial charge on any atom is 0.415 e. The van der Waals surface area contributed by atoms with Crippen LogP contribution in [0.4, 0.5) is 10.5 Å². The van der Waals surface area contributed by atoms with Crippen LogP contribution in [0.1, 0.15) is 36.7 Å². The van der Waals surface area contributed by atoms with E-state index in [1.165, 1.54) is 30.2 Å². The summed E-state index contributed by atoms with van der Waals surface area (Å²) in [5, 5.41) is 9.30. The van der Waals surface area contributed by atoms with Crippen molar-refractivity contribution in [2.45, 2.75) is 26.4 Å². The highest BCUT2D eigenvalue weighted by Crippen LogP contribution is 2.24. The molecular weight excluding hydrogens is 296 g/mol. The lowest BCUT2D eigenvalue weighted by atomic mass is 10.1. The molecular formula is C17H18N2O4. The van der Waals surface area contributed by atoms with E-state index < -0.39 is 17.7 Å². The SMILES string of the molecule is C#CCN(C(=O)OC(C)(C)C)c1ccc(C(=O)OC)cc1C#N. The van der Waals surface area contributed by atoms with Crippen LogP contribution in [0.3, 0.4) is 0 Å². The van der Waals surface area contributed by atoms with Gasteiger partial charge in [0.25, 0.3) is 0 Å². The van der Waals surface area contributed by atoms with Crippen molar-refractivity contribution in [3.05, 3.63) is 29.3 Å². The normalized spacial score (nSPS) is 10.2. The van der Waals surface area contributed by atoms with Gasteiger partial charge in [-0.2, -0.15) is 5.26 Å². The van der Waals surface area contributed by atoms with Crippen LogP contribution < -0.4 is 4.90 Å². The van der Waals surface area contributed by atoms with Gasteiger partial charge in [-0.05, 0) is 39.0 Å². The molecule has 0 heterocycles. The summed E-state index contributed by atoms with van der Waals surface area (Å²) < 4.78 is 9.91. The molecule has 0 N–H and O–H groups in total. The molecule has 0 aliphatic carbocycles. The molecule has 0 atom stereocenters. The van der Waals surface area contributed by atoms with Gasteiger partial charge >= 0.3 is 12.1 Å². The van der Waals surface area contributed by atoms with E-state index in [1.807, 2.05) is 6.07 Å². The third kappa shape index (κ3) is 4.76. The minimum Gasteiger partial charge on any atom is -0.465 e. The third-order valence-corrected chi connectivity index (χ3v) is 2.69. The number of ether oxygens (including phenoxy) is 2. The van der Waals surface area contributed by atoms with Crippen molar-refractivity contribution < 1.29 is 19.1 Å². The molecule has 1 aromatic carbocycles. The highest BCUT2D eigenvalue weighted by Gasteiger charge is 2.25. The third-order valence-electron chi connectivity index (χ3n) is 2.69. The number of anilines is 1. The Balaban J connectivity index is 3.28. The van der Waals surface area contributed by atoms with Gasteiger partial charge in [-0.15, -0.1) is 6.42 Å². The molecule has 6 heteroatoms. The molecule has 0 saturated carbocycles. The number of benzene rings is 1. The molecule has 0 spiro atoms. The lowest BCUT2D eigenvalue weighted by molar-refractivity contribution is 0.0582. The first kappa shape index (κ1) is 18.1. The number of terminal acetylenes is 1. The summed E-state index contributed by atoms with van der Waals surface area (Å²) in [6.07, 6.45) is 4.63. The molecule has 0 bridgehead atoms. The zero-order valence-corrected chi connectivity index (χ0v) is 13.5. The monoisotopic (exact) mass is 314 g/mol. The summed E-state index contributed by atoms with van der Waals surface area (Å²) in [4.78, 5) is 25.0. The van der Waals surface area contributed by atoms with Crippen LogP contribution in [0.5, 0.6) is 0 Å². The highest BCUT2D eigenvalue weighted by molar-refractivity contribution is 5.94. The molecule has 0 aliphatic rings. The van der Waals surface area contributed by atoms with Crippen molar-refractivity contribution >= 4 is 17.7 Å². The van der Waals surface area contributed by atoms with E-state index in [0.717, 1.165) is 0 Å². The highest BCUT2D eigenvalue weighted by atomic mass is 16.6. The predicted molar refractivity (Wildman–Crippen MR) is 84.9 cm³/mol. The van der Waals surface area contributed by atoms with Crippen LogP contribution in [0.2, 0.25) is 0 Å². The summed E-state index contributed by atoms with van der Waals surface area (Å²) in [5.74, 6) is 1.78. The summed E-state index contributed by atoms with van der Waals surface area (Å²) in [5.41, 5.74) is -0.109. The molecule has 120 valence electrons. The van der Waals surface area contributed by atoms with Crippen molar-refractivity contribution in [2.24, 2.45) is 0 Å². The number of methoxy groups -OCH3 is 1. The Labute approximate surface area is 135 Å². The minimum atomic E-state index is -0.706. The van der Waals surface area contributed by atoms with Gasteiger partial charge in [0.15, 0.2) is 0 Å². The van der Waals surface area contributed by atoms with Gasteiger partial charge < -0.3 is 9.47 Å². The molecule has 0 fully saturated rings. The summed E-state index contributed by atoms with van der Waals surface area (Å²) in [6.45, 7) is 5.11. The van der Waals surface area contributed by atoms with Crippen LogP contribution in [0.15, 0.2) is 18.2 Å². The molecule has 0 saturated heterocycles. The maximum atomic E-state index is 12.3. The van der Waals surface area contributed by atoms with E-state index in [4.69, 9.17) is 11.2 Å². The average Bonchev–Trinajstić information content (AvgIpc) is 2.49. The number of carbonyl (C=O) groups is 2. The first-order valence-electron chi connectivity index (χ1n) is 6.80. The first-order chi connectivity index (χ1) is 10.7. The number of rotatable bonds is 3. The molecule has 1 aromatic rings. The minimum absolute atomic E-state index is 0.0683. The van der Waals surface area contributed by atoms with Crippen molar-refractivity contribution in [2.75, 3.05) is 18.6 Å². The molecule has 1 amide bonds. The Morgan fingerprint density at radius 1 is 1.35 bits per heavy atom. The van der Waals surface area contributed by atoms with Gasteiger partial charge in [0.05, 0.1) is 30.5 Å². The molecule has 6 nitrogen and oxygen atoms in total. The van der Waals surface area contributed by atoms with E-state index in [2.05, 4.69) is 10.7 Å². The van der Waals surface area contributed by atoms with Crippen LogP contribution in [0, 0.1) is 23.7 Å². The summed E-state index contributed by atoms with van der Waals surface area (Å²) in [6, 6.07) is 6.21. The van der Waals surface area contributed by atoms with Gasteiger partial charge in [0, 0.05) is 0 Å². The van der Waals surface area contributed by atoms with Crippen molar-refractivity contribution in [3.8, 4) is 18.4 Å². The second-order valence-electron chi connectivity index (χ2n) is 5.61. The molecule has 0 aliphatic heterocycles. The molecule has 0 radical (unpaired) electrons. The fraction of sp³-hybridized carbons (Fsp3) is 0.353. The zero-order chi connectivity index (χ0) is 17.6. The lowest BCUT2D eigenvalue weighted by Crippen LogP contribution is -2.37. The zero-order valence-electron chi connectivity index (χ0n) is 13.5. The van der Waals surface area contributed by atoms with Gasteiger partial charge in [0.1, 0.15) is 11.7 Å². The molecule has 1 rings (SSSR count). The van der Waals surface area contributed by atoms with Gasteiger partial charge in [-0.1, -0.05) is 5.92 Å². The van der Waals surface area contributed by atoms with E-state index in [1.54, 1.807) is 20.8 Å². The number of amides is 1. The van der Waals surface area contributed by atoms with Crippen molar-refractivity contribution in [1.29, 1.82) is 5.26 Å². The fourth-order valence-corrected chi connectivity index (χ4v) is 1.76. The van der Waals surface area contributed by atoms with Gasteiger partial charge in [-0.3, -0.25) is 4.90 Å². The molecule has 0 unspecified atom stereocenters.